The van der Waals surface area contributed by atoms with E-state index in [0.29, 0.717) is 28.3 Å². The summed E-state index contributed by atoms with van der Waals surface area (Å²) >= 11 is 0. The van der Waals surface area contributed by atoms with Crippen LogP contribution in [0.2, 0.25) is 0 Å². The number of carbonyl (C=O) groups is 1. The van der Waals surface area contributed by atoms with Gasteiger partial charge in [-0.25, -0.2) is 9.78 Å². The minimum absolute atomic E-state index is 0.419. The van der Waals surface area contributed by atoms with Crippen LogP contribution in [0.25, 0.3) is 22.2 Å². The molecule has 0 saturated heterocycles. The van der Waals surface area contributed by atoms with Crippen LogP contribution in [-0.4, -0.2) is 23.0 Å². The standard InChI is InChI=1S/C22H16F3N3O2/c1-30-21(29)13-5-7-16(8-6-13)27-20-17-12-19(28-18(17)9-10-26-20)14-3-2-4-15(11-14)22(23,24)25/h2-12,28H,1H3,(H,26,27). The number of hydrogen-bond donors (Lipinski definition) is 2. The van der Waals surface area contributed by atoms with Gasteiger partial charge in [0.05, 0.1) is 23.8 Å². The number of anilines is 2. The molecule has 0 aliphatic heterocycles. The van der Waals surface area contributed by atoms with Gasteiger partial charge in [-0.05, 0) is 54.1 Å². The van der Waals surface area contributed by atoms with E-state index >= 15 is 0 Å². The van der Waals surface area contributed by atoms with Crippen molar-refractivity contribution >= 4 is 28.4 Å². The number of aromatic amines is 1. The van der Waals surface area contributed by atoms with E-state index in [0.717, 1.165) is 23.0 Å². The molecule has 152 valence electrons. The molecule has 0 aliphatic carbocycles. The Labute approximate surface area is 169 Å². The molecule has 0 radical (unpaired) electrons. The zero-order valence-electron chi connectivity index (χ0n) is 15.7. The van der Waals surface area contributed by atoms with Crippen molar-refractivity contribution in [2.45, 2.75) is 6.18 Å². The van der Waals surface area contributed by atoms with Gasteiger partial charge in [0.25, 0.3) is 0 Å². The van der Waals surface area contributed by atoms with E-state index in [1.807, 2.05) is 0 Å². The number of aromatic nitrogens is 2. The minimum Gasteiger partial charge on any atom is -0.465 e. The zero-order chi connectivity index (χ0) is 21.3. The highest BCUT2D eigenvalue weighted by Crippen LogP contribution is 2.34. The van der Waals surface area contributed by atoms with E-state index in [4.69, 9.17) is 0 Å². The second-order valence-electron chi connectivity index (χ2n) is 6.58. The van der Waals surface area contributed by atoms with Crippen LogP contribution in [0.15, 0.2) is 66.9 Å². The number of nitrogens with zero attached hydrogens (tertiary/aromatic N) is 1. The lowest BCUT2D eigenvalue weighted by Crippen LogP contribution is -2.04. The molecule has 0 fully saturated rings. The Morgan fingerprint density at radius 3 is 2.53 bits per heavy atom. The maximum atomic E-state index is 13.0. The second kappa shape index (κ2) is 7.55. The van der Waals surface area contributed by atoms with Crippen molar-refractivity contribution in [1.82, 2.24) is 9.97 Å². The first-order valence-electron chi connectivity index (χ1n) is 8.96. The summed E-state index contributed by atoms with van der Waals surface area (Å²) in [5.74, 6) is 0.103. The average Bonchev–Trinajstić information content (AvgIpc) is 3.19. The van der Waals surface area contributed by atoms with Gasteiger partial charge in [0.2, 0.25) is 0 Å². The van der Waals surface area contributed by atoms with E-state index in [-0.39, 0.29) is 0 Å². The number of esters is 1. The third kappa shape index (κ3) is 3.84. The smallest absolute Gasteiger partial charge is 0.416 e. The highest BCUT2D eigenvalue weighted by Gasteiger charge is 2.30. The Morgan fingerprint density at radius 1 is 1.07 bits per heavy atom. The lowest BCUT2D eigenvalue weighted by atomic mass is 10.1. The Kier molecular flexibility index (Phi) is 4.91. The molecule has 2 N–H and O–H groups in total. The van der Waals surface area contributed by atoms with Gasteiger partial charge in [-0.3, -0.25) is 0 Å². The summed E-state index contributed by atoms with van der Waals surface area (Å²) < 4.78 is 43.8. The number of carbonyl (C=O) groups excluding carboxylic acids is 1. The van der Waals surface area contributed by atoms with Crippen molar-refractivity contribution in [3.05, 3.63) is 78.0 Å². The fourth-order valence-corrected chi connectivity index (χ4v) is 3.12. The van der Waals surface area contributed by atoms with Crippen LogP contribution in [0.3, 0.4) is 0 Å². The van der Waals surface area contributed by atoms with Crippen molar-refractivity contribution in [2.75, 3.05) is 12.4 Å². The summed E-state index contributed by atoms with van der Waals surface area (Å²) in [6.07, 6.45) is -2.81. The van der Waals surface area contributed by atoms with Crippen molar-refractivity contribution in [3.8, 4) is 11.3 Å². The predicted molar refractivity (Wildman–Crippen MR) is 108 cm³/mol. The van der Waals surface area contributed by atoms with E-state index in [2.05, 4.69) is 20.0 Å². The molecule has 4 rings (SSSR count). The quantitative estimate of drug-likeness (QED) is 0.418. The first kappa shape index (κ1) is 19.5. The lowest BCUT2D eigenvalue weighted by molar-refractivity contribution is -0.137. The highest BCUT2D eigenvalue weighted by atomic mass is 19.4. The van der Waals surface area contributed by atoms with E-state index in [1.54, 1.807) is 48.7 Å². The number of rotatable bonds is 4. The molecule has 8 heteroatoms. The zero-order valence-corrected chi connectivity index (χ0v) is 15.7. The average molecular weight is 411 g/mol. The first-order chi connectivity index (χ1) is 14.3. The van der Waals surface area contributed by atoms with Crippen LogP contribution < -0.4 is 5.32 Å². The van der Waals surface area contributed by atoms with Crippen molar-refractivity contribution < 1.29 is 22.7 Å². The van der Waals surface area contributed by atoms with Crippen molar-refractivity contribution in [2.24, 2.45) is 0 Å². The molecule has 30 heavy (non-hydrogen) atoms. The summed E-state index contributed by atoms with van der Waals surface area (Å²) in [6, 6.07) is 15.3. The molecule has 0 saturated carbocycles. The molecular formula is C22H16F3N3O2. The Bertz CT molecular complexity index is 1210. The van der Waals surface area contributed by atoms with Gasteiger partial charge in [0, 0.05) is 23.0 Å². The molecule has 0 atom stereocenters. The van der Waals surface area contributed by atoms with E-state index in [9.17, 15) is 18.0 Å². The molecule has 0 bridgehead atoms. The molecule has 0 amide bonds. The molecule has 0 aliphatic rings. The van der Waals surface area contributed by atoms with Crippen LogP contribution in [0.1, 0.15) is 15.9 Å². The number of ether oxygens (including phenoxy) is 1. The molecular weight excluding hydrogens is 395 g/mol. The van der Waals surface area contributed by atoms with Gasteiger partial charge in [0.1, 0.15) is 5.82 Å². The van der Waals surface area contributed by atoms with E-state index in [1.165, 1.54) is 13.2 Å². The van der Waals surface area contributed by atoms with E-state index < -0.39 is 17.7 Å². The minimum atomic E-state index is -4.41. The summed E-state index contributed by atoms with van der Waals surface area (Å²) in [5.41, 5.74) is 2.11. The van der Waals surface area contributed by atoms with Gasteiger partial charge < -0.3 is 15.0 Å². The molecule has 5 nitrogen and oxygen atoms in total. The SMILES string of the molecule is COC(=O)c1ccc(Nc2nccc3[nH]c(-c4cccc(C(F)(F)F)c4)cc23)cc1. The number of fused-ring (bicyclic) bond motifs is 1. The summed E-state index contributed by atoms with van der Waals surface area (Å²) in [4.78, 5) is 19.0. The van der Waals surface area contributed by atoms with Crippen LogP contribution in [0, 0.1) is 0 Å². The fraction of sp³-hybridized carbons (Fsp3) is 0.0909. The topological polar surface area (TPSA) is 67.0 Å². The Hall–Kier alpha value is -3.81. The van der Waals surface area contributed by atoms with Gasteiger partial charge in [0.15, 0.2) is 0 Å². The predicted octanol–water partition coefficient (Wildman–Crippen LogP) is 5.78. The number of pyridine rings is 1. The second-order valence-corrected chi connectivity index (χ2v) is 6.58. The monoisotopic (exact) mass is 411 g/mol. The van der Waals surface area contributed by atoms with Gasteiger partial charge in [-0.1, -0.05) is 12.1 Å². The van der Waals surface area contributed by atoms with Crippen LogP contribution in [0.4, 0.5) is 24.7 Å². The number of H-pyrrole nitrogens is 1. The maximum Gasteiger partial charge on any atom is 0.416 e. The molecule has 4 aromatic rings. The van der Waals surface area contributed by atoms with Gasteiger partial charge >= 0.3 is 12.1 Å². The number of halogens is 3. The lowest BCUT2D eigenvalue weighted by Gasteiger charge is -2.07. The highest BCUT2D eigenvalue weighted by molar-refractivity contribution is 5.95. The molecule has 2 aromatic carbocycles. The number of nitrogens with one attached hydrogen (secondary N) is 2. The summed E-state index contributed by atoms with van der Waals surface area (Å²) in [7, 11) is 1.31. The molecule has 2 heterocycles. The maximum absolute atomic E-state index is 13.0. The van der Waals surface area contributed by atoms with Gasteiger partial charge in [-0.15, -0.1) is 0 Å². The number of methoxy groups -OCH3 is 1. The third-order valence-corrected chi connectivity index (χ3v) is 4.62. The molecule has 0 spiro atoms. The number of hydrogen-bond acceptors (Lipinski definition) is 4. The molecule has 2 aromatic heterocycles. The van der Waals surface area contributed by atoms with Crippen LogP contribution in [-0.2, 0) is 10.9 Å². The van der Waals surface area contributed by atoms with Crippen molar-refractivity contribution in [3.63, 3.8) is 0 Å². The van der Waals surface area contributed by atoms with Crippen molar-refractivity contribution in [1.29, 1.82) is 0 Å². The van der Waals surface area contributed by atoms with Gasteiger partial charge in [-0.2, -0.15) is 13.2 Å². The van der Waals surface area contributed by atoms with Crippen LogP contribution in [0.5, 0.6) is 0 Å². The summed E-state index contributed by atoms with van der Waals surface area (Å²) in [5, 5.41) is 3.89. The Morgan fingerprint density at radius 2 is 1.83 bits per heavy atom. The first-order valence-corrected chi connectivity index (χ1v) is 8.96. The summed E-state index contributed by atoms with van der Waals surface area (Å²) in [6.45, 7) is 0. The number of alkyl halides is 3. The van der Waals surface area contributed by atoms with Crippen LogP contribution >= 0.6 is 0 Å². The normalized spacial score (nSPS) is 11.5. The number of benzene rings is 2. The Balaban J connectivity index is 1.67. The largest absolute Gasteiger partial charge is 0.465 e. The fourth-order valence-electron chi connectivity index (χ4n) is 3.12. The third-order valence-electron chi connectivity index (χ3n) is 4.62. The molecule has 0 unspecified atom stereocenters.